The van der Waals surface area contributed by atoms with Crippen LogP contribution >= 0.6 is 11.6 Å². The second-order valence-electron chi connectivity index (χ2n) is 10.2. The molecule has 2 aliphatic heterocycles. The Kier molecular flexibility index (Phi) is 8.31. The average molecular weight is 549 g/mol. The lowest BCUT2D eigenvalue weighted by molar-refractivity contribution is -0.138. The largest absolute Gasteiger partial charge is 0.495 e. The fraction of sp³-hybridized carbons (Fsp3) is 0.400. The van der Waals surface area contributed by atoms with Crippen LogP contribution in [0.1, 0.15) is 50.2 Å². The minimum atomic E-state index is -0.108. The molecule has 9 heteroatoms. The van der Waals surface area contributed by atoms with E-state index in [1.54, 1.807) is 12.1 Å². The van der Waals surface area contributed by atoms with Crippen LogP contribution in [-0.2, 0) is 9.59 Å². The van der Waals surface area contributed by atoms with Gasteiger partial charge in [-0.1, -0.05) is 30.7 Å². The van der Waals surface area contributed by atoms with Crippen molar-refractivity contribution >= 4 is 34.8 Å². The number of nitrogens with one attached hydrogen (secondary N) is 1. The van der Waals surface area contributed by atoms with Crippen molar-refractivity contribution in [3.8, 4) is 11.5 Å². The SMILES string of the molecule is COc1ccc(C2=NN(CCCCOc3ccc(C4=NNC(=O)CC4C)cc3)C(=O)[C@@H]3CC=CC[C@H]23)cc1Cl. The number of allylic oxidation sites excluding steroid dienone is 2. The first-order valence-electron chi connectivity index (χ1n) is 13.4. The van der Waals surface area contributed by atoms with Crippen molar-refractivity contribution in [1.82, 2.24) is 10.4 Å². The first-order valence-corrected chi connectivity index (χ1v) is 13.8. The molecule has 0 bridgehead atoms. The standard InChI is InChI=1S/C30H33ClN4O4/c1-19-17-27(36)32-33-28(19)20-9-12-22(13-10-20)39-16-6-5-15-35-30(37)24-8-4-3-7-23(24)29(34-35)21-11-14-26(38-2)25(31)18-21/h3-4,9-14,18-19,23-24H,5-8,15-17H2,1-2H3,(H,32,36)/t19?,23-,24+/m0/s1. The zero-order valence-corrected chi connectivity index (χ0v) is 23.0. The van der Waals surface area contributed by atoms with Crippen LogP contribution in [0.3, 0.4) is 0 Å². The van der Waals surface area contributed by atoms with Crippen molar-refractivity contribution in [3.05, 3.63) is 70.8 Å². The van der Waals surface area contributed by atoms with Gasteiger partial charge >= 0.3 is 0 Å². The monoisotopic (exact) mass is 548 g/mol. The zero-order chi connectivity index (χ0) is 27.4. The Morgan fingerprint density at radius 2 is 1.74 bits per heavy atom. The van der Waals surface area contributed by atoms with Gasteiger partial charge in [-0.15, -0.1) is 0 Å². The fourth-order valence-corrected chi connectivity index (χ4v) is 5.63. The highest BCUT2D eigenvalue weighted by molar-refractivity contribution is 6.32. The summed E-state index contributed by atoms with van der Waals surface area (Å²) in [5, 5.41) is 11.2. The van der Waals surface area contributed by atoms with E-state index >= 15 is 0 Å². The first-order chi connectivity index (χ1) is 18.9. The topological polar surface area (TPSA) is 92.6 Å². The van der Waals surface area contributed by atoms with Gasteiger partial charge in [0.15, 0.2) is 0 Å². The summed E-state index contributed by atoms with van der Waals surface area (Å²) in [6.45, 7) is 3.07. The maximum atomic E-state index is 13.3. The van der Waals surface area contributed by atoms with E-state index in [1.165, 1.54) is 0 Å². The van der Waals surface area contributed by atoms with E-state index in [0.717, 1.165) is 54.0 Å². The molecule has 39 heavy (non-hydrogen) atoms. The average Bonchev–Trinajstić information content (AvgIpc) is 2.94. The predicted molar refractivity (Wildman–Crippen MR) is 151 cm³/mol. The van der Waals surface area contributed by atoms with Crippen molar-refractivity contribution in [2.45, 2.75) is 39.0 Å². The van der Waals surface area contributed by atoms with Gasteiger partial charge in [0.2, 0.25) is 11.8 Å². The molecule has 2 amide bonds. The van der Waals surface area contributed by atoms with Crippen LogP contribution in [0.15, 0.2) is 64.8 Å². The maximum Gasteiger partial charge on any atom is 0.246 e. The van der Waals surface area contributed by atoms with Crippen molar-refractivity contribution in [1.29, 1.82) is 0 Å². The number of unbranched alkanes of at least 4 members (excludes halogenated alkanes) is 1. The number of nitrogens with zero attached hydrogens (tertiary/aromatic N) is 3. The van der Waals surface area contributed by atoms with E-state index in [0.29, 0.717) is 30.3 Å². The summed E-state index contributed by atoms with van der Waals surface area (Å²) >= 11 is 6.41. The Morgan fingerprint density at radius 3 is 2.46 bits per heavy atom. The number of benzene rings is 2. The summed E-state index contributed by atoms with van der Waals surface area (Å²) in [6.07, 6.45) is 7.74. The van der Waals surface area contributed by atoms with E-state index in [2.05, 4.69) is 22.7 Å². The quantitative estimate of drug-likeness (QED) is 0.344. The van der Waals surface area contributed by atoms with Gasteiger partial charge < -0.3 is 9.47 Å². The molecule has 3 atom stereocenters. The van der Waals surface area contributed by atoms with E-state index in [4.69, 9.17) is 26.2 Å². The summed E-state index contributed by atoms with van der Waals surface area (Å²) in [6, 6.07) is 13.4. The maximum absolute atomic E-state index is 13.3. The molecule has 1 unspecified atom stereocenters. The number of fused-ring (bicyclic) bond motifs is 1. The highest BCUT2D eigenvalue weighted by Crippen LogP contribution is 2.36. The summed E-state index contributed by atoms with van der Waals surface area (Å²) in [4.78, 5) is 24.8. The van der Waals surface area contributed by atoms with Gasteiger partial charge in [0, 0.05) is 24.8 Å². The zero-order valence-electron chi connectivity index (χ0n) is 22.2. The van der Waals surface area contributed by atoms with E-state index in [-0.39, 0.29) is 29.6 Å². The second-order valence-corrected chi connectivity index (χ2v) is 10.6. The third-order valence-electron chi connectivity index (χ3n) is 7.47. The van der Waals surface area contributed by atoms with E-state index < -0.39 is 0 Å². The van der Waals surface area contributed by atoms with Crippen molar-refractivity contribution in [3.63, 3.8) is 0 Å². The lowest BCUT2D eigenvalue weighted by Crippen LogP contribution is -2.45. The number of halogens is 1. The number of hydrogen-bond acceptors (Lipinski definition) is 6. The van der Waals surface area contributed by atoms with Crippen LogP contribution in [0.2, 0.25) is 5.02 Å². The fourth-order valence-electron chi connectivity index (χ4n) is 5.37. The van der Waals surface area contributed by atoms with Crippen molar-refractivity contribution in [2.75, 3.05) is 20.3 Å². The van der Waals surface area contributed by atoms with Crippen LogP contribution < -0.4 is 14.9 Å². The lowest BCUT2D eigenvalue weighted by atomic mass is 9.76. The minimum absolute atomic E-state index is 0.0494. The number of hydrazone groups is 2. The number of carbonyl (C=O) groups is 2. The number of rotatable bonds is 9. The molecule has 0 radical (unpaired) electrons. The van der Waals surface area contributed by atoms with Gasteiger partial charge in [-0.3, -0.25) is 9.59 Å². The number of methoxy groups -OCH3 is 1. The van der Waals surface area contributed by atoms with E-state index in [1.807, 2.05) is 49.4 Å². The Morgan fingerprint density at radius 1 is 1.00 bits per heavy atom. The van der Waals surface area contributed by atoms with Crippen LogP contribution in [0.5, 0.6) is 11.5 Å². The number of amides is 2. The Balaban J connectivity index is 1.18. The van der Waals surface area contributed by atoms with Gasteiger partial charge in [-0.25, -0.2) is 10.4 Å². The molecule has 8 nitrogen and oxygen atoms in total. The number of carbonyl (C=O) groups excluding carboxylic acids is 2. The molecule has 1 N–H and O–H groups in total. The smallest absolute Gasteiger partial charge is 0.246 e. The molecule has 204 valence electrons. The summed E-state index contributed by atoms with van der Waals surface area (Å²) in [5.41, 5.74) is 6.23. The van der Waals surface area contributed by atoms with Crippen molar-refractivity contribution < 1.29 is 19.1 Å². The highest BCUT2D eigenvalue weighted by Gasteiger charge is 2.39. The normalized spacial score (nSPS) is 22.5. The molecule has 1 aliphatic carbocycles. The third-order valence-corrected chi connectivity index (χ3v) is 7.77. The Hall–Kier alpha value is -3.65. The van der Waals surface area contributed by atoms with Crippen LogP contribution in [0, 0.1) is 17.8 Å². The molecule has 0 saturated carbocycles. The number of ether oxygens (including phenoxy) is 2. The molecule has 3 aliphatic rings. The molecule has 0 saturated heterocycles. The molecule has 2 heterocycles. The molecule has 2 aromatic carbocycles. The molecular formula is C30H33ClN4O4. The van der Waals surface area contributed by atoms with Crippen LogP contribution in [0.4, 0.5) is 0 Å². The molecule has 0 spiro atoms. The van der Waals surface area contributed by atoms with Gasteiger partial charge in [0.05, 0.1) is 36.1 Å². The number of hydrogen-bond donors (Lipinski definition) is 1. The predicted octanol–water partition coefficient (Wildman–Crippen LogP) is 5.20. The molecular weight excluding hydrogens is 516 g/mol. The van der Waals surface area contributed by atoms with Crippen molar-refractivity contribution in [2.24, 2.45) is 28.0 Å². The Bertz CT molecular complexity index is 1320. The molecule has 5 rings (SSSR count). The molecule has 0 fully saturated rings. The highest BCUT2D eigenvalue weighted by atomic mass is 35.5. The Labute approximate surface area is 233 Å². The summed E-state index contributed by atoms with van der Waals surface area (Å²) in [5.74, 6) is 1.43. The molecule has 0 aromatic heterocycles. The summed E-state index contributed by atoms with van der Waals surface area (Å²) in [7, 11) is 1.59. The third kappa shape index (κ3) is 6.01. The van der Waals surface area contributed by atoms with Crippen LogP contribution in [-0.4, -0.2) is 48.5 Å². The van der Waals surface area contributed by atoms with Crippen LogP contribution in [0.25, 0.3) is 0 Å². The summed E-state index contributed by atoms with van der Waals surface area (Å²) < 4.78 is 11.2. The first kappa shape index (κ1) is 26.9. The molecule has 2 aromatic rings. The van der Waals surface area contributed by atoms with Gasteiger partial charge in [-0.05, 0) is 79.3 Å². The van der Waals surface area contributed by atoms with Gasteiger partial charge in [0.1, 0.15) is 11.5 Å². The van der Waals surface area contributed by atoms with Gasteiger partial charge in [-0.2, -0.15) is 10.2 Å². The second kappa shape index (κ2) is 12.0. The lowest BCUT2D eigenvalue weighted by Gasteiger charge is -2.37. The minimum Gasteiger partial charge on any atom is -0.495 e. The van der Waals surface area contributed by atoms with E-state index in [9.17, 15) is 9.59 Å². The van der Waals surface area contributed by atoms with Gasteiger partial charge in [0.25, 0.3) is 0 Å².